The van der Waals surface area contributed by atoms with E-state index in [1.54, 1.807) is 0 Å². The zero-order valence-electron chi connectivity index (χ0n) is 15.9. The second-order valence-electron chi connectivity index (χ2n) is 9.04. The van der Waals surface area contributed by atoms with Crippen LogP contribution in [0.4, 0.5) is 0 Å². The number of carboxylic acids is 2. The van der Waals surface area contributed by atoms with Crippen molar-refractivity contribution in [3.63, 3.8) is 0 Å². The molecule has 2 saturated carbocycles. The highest BCUT2D eigenvalue weighted by molar-refractivity contribution is 9.10. The summed E-state index contributed by atoms with van der Waals surface area (Å²) in [6.45, 7) is 2.32. The highest BCUT2D eigenvalue weighted by atomic mass is 79.9. The Hall–Kier alpha value is -0.880. The van der Waals surface area contributed by atoms with Crippen molar-refractivity contribution in [1.82, 2.24) is 0 Å². The number of fused-ring (bicyclic) bond motifs is 5. The fourth-order valence-corrected chi connectivity index (χ4v) is 7.75. The van der Waals surface area contributed by atoms with Crippen LogP contribution < -0.4 is 0 Å². The maximum atomic E-state index is 11.6. The molecule has 0 bridgehead atoms. The van der Waals surface area contributed by atoms with Crippen molar-refractivity contribution in [3.8, 4) is 0 Å². The molecule has 0 radical (unpaired) electrons. The minimum atomic E-state index is -0.859. The molecule has 4 rings (SSSR count). The third-order valence-corrected chi connectivity index (χ3v) is 9.87. The number of carbonyl (C=O) groups is 2. The fraction of sp³-hybridized carbons (Fsp3) is 0.636. The van der Waals surface area contributed by atoms with Gasteiger partial charge in [0.15, 0.2) is 0 Å². The lowest BCUT2D eigenvalue weighted by Crippen LogP contribution is -2.45. The first-order valence-corrected chi connectivity index (χ1v) is 11.9. The molecule has 2 unspecified atom stereocenters. The van der Waals surface area contributed by atoms with Crippen LogP contribution in [0.15, 0.2) is 18.2 Å². The van der Waals surface area contributed by atoms with Gasteiger partial charge in [-0.25, -0.2) is 0 Å². The number of hydrogen-bond acceptors (Lipinski definition) is 2. The van der Waals surface area contributed by atoms with Crippen molar-refractivity contribution in [1.29, 1.82) is 0 Å². The standard InChI is InChI=1S/C22H26Br2O4/c1-22-9-8-14-13-4-3-12(18(23)20(25)26)10-11(13)2-5-15(14)16(22)6-7-17(22)19(24)21(27)28/h3-4,10,14-19H,2,5-9H2,1H3,(H,25,26)(H,27,28)/t14-,15-,16+,17-,18?,19?,22+/m1/s1. The molecule has 28 heavy (non-hydrogen) atoms. The number of carboxylic acid groups (broad SMARTS) is 2. The Morgan fingerprint density at radius 2 is 1.86 bits per heavy atom. The van der Waals surface area contributed by atoms with Crippen LogP contribution in [0.25, 0.3) is 0 Å². The van der Waals surface area contributed by atoms with Gasteiger partial charge in [-0.2, -0.15) is 0 Å². The minimum Gasteiger partial charge on any atom is -0.480 e. The van der Waals surface area contributed by atoms with Crippen LogP contribution in [0.5, 0.6) is 0 Å². The van der Waals surface area contributed by atoms with Crippen molar-refractivity contribution >= 4 is 43.8 Å². The van der Waals surface area contributed by atoms with Crippen LogP contribution in [0.1, 0.15) is 66.5 Å². The SMILES string of the molecule is C[C@]12CC[C@@H]3c4ccc(C(Br)C(=O)O)cc4CC[C@H]3[C@@H]1CC[C@@H]2C(Br)C(=O)O. The summed E-state index contributed by atoms with van der Waals surface area (Å²) in [5.74, 6) is 0.303. The number of benzene rings is 1. The lowest BCUT2D eigenvalue weighted by atomic mass is 9.54. The average Bonchev–Trinajstić information content (AvgIpc) is 3.03. The molecule has 0 aromatic heterocycles. The van der Waals surface area contributed by atoms with Gasteiger partial charge in [0.25, 0.3) is 0 Å². The molecule has 2 N–H and O–H groups in total. The van der Waals surface area contributed by atoms with Crippen molar-refractivity contribution in [3.05, 3.63) is 34.9 Å². The molecule has 0 saturated heterocycles. The molecule has 3 aliphatic carbocycles. The third kappa shape index (κ3) is 3.15. The molecule has 1 aromatic carbocycles. The summed E-state index contributed by atoms with van der Waals surface area (Å²) in [6.07, 6.45) is 6.37. The molecule has 6 heteroatoms. The van der Waals surface area contributed by atoms with Gasteiger partial charge in [0.2, 0.25) is 0 Å². The normalized spacial score (nSPS) is 36.0. The topological polar surface area (TPSA) is 74.6 Å². The number of hydrogen-bond donors (Lipinski definition) is 2. The summed E-state index contributed by atoms with van der Waals surface area (Å²) < 4.78 is 0. The predicted octanol–water partition coefficient (Wildman–Crippen LogP) is 5.53. The molecule has 1 aromatic rings. The first-order valence-electron chi connectivity index (χ1n) is 10.1. The van der Waals surface area contributed by atoms with Gasteiger partial charge in [-0.3, -0.25) is 9.59 Å². The molecule has 2 fully saturated rings. The van der Waals surface area contributed by atoms with Gasteiger partial charge in [-0.1, -0.05) is 57.0 Å². The first kappa shape index (κ1) is 20.4. The van der Waals surface area contributed by atoms with E-state index >= 15 is 0 Å². The molecule has 7 atom stereocenters. The van der Waals surface area contributed by atoms with E-state index in [0.717, 1.165) is 44.1 Å². The Labute approximate surface area is 182 Å². The minimum absolute atomic E-state index is 0.0927. The van der Waals surface area contributed by atoms with E-state index in [1.165, 1.54) is 11.1 Å². The van der Waals surface area contributed by atoms with Crippen molar-refractivity contribution in [2.75, 3.05) is 0 Å². The van der Waals surface area contributed by atoms with Gasteiger partial charge in [-0.15, -0.1) is 0 Å². The molecule has 0 spiro atoms. The zero-order valence-corrected chi connectivity index (χ0v) is 19.1. The number of halogens is 2. The Morgan fingerprint density at radius 3 is 2.54 bits per heavy atom. The second-order valence-corrected chi connectivity index (χ2v) is 10.9. The smallest absolute Gasteiger partial charge is 0.321 e. The third-order valence-electron chi connectivity index (χ3n) is 7.92. The quantitative estimate of drug-likeness (QED) is 0.519. The lowest BCUT2D eigenvalue weighted by Gasteiger charge is -2.51. The maximum absolute atomic E-state index is 11.6. The molecule has 0 aliphatic heterocycles. The van der Waals surface area contributed by atoms with Gasteiger partial charge in [0.1, 0.15) is 9.65 Å². The second kappa shape index (κ2) is 7.42. The summed E-state index contributed by atoms with van der Waals surface area (Å²) in [6, 6.07) is 6.18. The Morgan fingerprint density at radius 1 is 1.11 bits per heavy atom. The van der Waals surface area contributed by atoms with Crippen molar-refractivity contribution < 1.29 is 19.8 Å². The maximum Gasteiger partial charge on any atom is 0.321 e. The van der Waals surface area contributed by atoms with Crippen molar-refractivity contribution in [2.24, 2.45) is 23.2 Å². The highest BCUT2D eigenvalue weighted by Gasteiger charge is 2.57. The van der Waals surface area contributed by atoms with E-state index in [9.17, 15) is 19.8 Å². The molecule has 0 amide bonds. The van der Waals surface area contributed by atoms with E-state index in [4.69, 9.17) is 0 Å². The van der Waals surface area contributed by atoms with Crippen LogP contribution in [0.3, 0.4) is 0 Å². The Balaban J connectivity index is 1.61. The summed E-state index contributed by atoms with van der Waals surface area (Å²) in [7, 11) is 0. The van der Waals surface area contributed by atoms with Gasteiger partial charge >= 0.3 is 11.9 Å². The molecule has 152 valence electrons. The predicted molar refractivity (Wildman–Crippen MR) is 114 cm³/mol. The summed E-state index contributed by atoms with van der Waals surface area (Å²) in [4.78, 5) is 21.8. The molecular formula is C22H26Br2O4. The molecule has 4 nitrogen and oxygen atoms in total. The van der Waals surface area contributed by atoms with Crippen LogP contribution in [-0.4, -0.2) is 27.0 Å². The fourth-order valence-electron chi connectivity index (χ4n) is 6.60. The van der Waals surface area contributed by atoms with E-state index in [2.05, 4.69) is 50.9 Å². The summed E-state index contributed by atoms with van der Waals surface area (Å²) >= 11 is 6.73. The Kier molecular flexibility index (Phi) is 5.41. The van der Waals surface area contributed by atoms with E-state index in [0.29, 0.717) is 17.8 Å². The molecular weight excluding hydrogens is 488 g/mol. The van der Waals surface area contributed by atoms with E-state index in [-0.39, 0.29) is 11.3 Å². The highest BCUT2D eigenvalue weighted by Crippen LogP contribution is 2.64. The van der Waals surface area contributed by atoms with Crippen molar-refractivity contribution in [2.45, 2.75) is 61.0 Å². The van der Waals surface area contributed by atoms with Crippen LogP contribution in [-0.2, 0) is 16.0 Å². The zero-order chi connectivity index (χ0) is 20.2. The number of alkyl halides is 2. The first-order chi connectivity index (χ1) is 13.2. The average molecular weight is 514 g/mol. The van der Waals surface area contributed by atoms with Gasteiger partial charge < -0.3 is 10.2 Å². The van der Waals surface area contributed by atoms with Crippen LogP contribution in [0, 0.1) is 23.2 Å². The van der Waals surface area contributed by atoms with E-state index in [1.807, 2.05) is 6.07 Å². The summed E-state index contributed by atoms with van der Waals surface area (Å²) in [5, 5.41) is 18.8. The monoisotopic (exact) mass is 512 g/mol. The van der Waals surface area contributed by atoms with Gasteiger partial charge in [0, 0.05) is 0 Å². The van der Waals surface area contributed by atoms with E-state index < -0.39 is 21.6 Å². The number of aryl methyl sites for hydroxylation is 1. The Bertz CT molecular complexity index is 810. The van der Waals surface area contributed by atoms with Gasteiger partial charge in [-0.05, 0) is 84.3 Å². The molecule has 3 aliphatic rings. The van der Waals surface area contributed by atoms with Crippen LogP contribution >= 0.6 is 31.9 Å². The largest absolute Gasteiger partial charge is 0.480 e. The van der Waals surface area contributed by atoms with Crippen LogP contribution in [0.2, 0.25) is 0 Å². The summed E-state index contributed by atoms with van der Waals surface area (Å²) in [5.41, 5.74) is 3.60. The lowest BCUT2D eigenvalue weighted by molar-refractivity contribution is -0.138. The molecule has 0 heterocycles. The number of aliphatic carboxylic acids is 2. The number of rotatable bonds is 4. The van der Waals surface area contributed by atoms with Gasteiger partial charge in [0.05, 0.1) is 0 Å².